The average molecular weight is 344 g/mol. The highest BCUT2D eigenvalue weighted by molar-refractivity contribution is 7.90. The summed E-state index contributed by atoms with van der Waals surface area (Å²) in [6, 6.07) is 11.6. The van der Waals surface area contributed by atoms with E-state index in [2.05, 4.69) is 0 Å². The maximum atomic E-state index is 11.4. The van der Waals surface area contributed by atoms with E-state index in [1.165, 1.54) is 6.26 Å². The monoisotopic (exact) mass is 343 g/mol. The molecule has 2 aromatic rings. The largest absolute Gasteiger partial charge is 0.324 e. The lowest BCUT2D eigenvalue weighted by Gasteiger charge is -2.14. The molecule has 0 saturated heterocycles. The molecule has 21 heavy (non-hydrogen) atoms. The van der Waals surface area contributed by atoms with Crippen LogP contribution in [0.2, 0.25) is 10.0 Å². The van der Waals surface area contributed by atoms with E-state index in [-0.39, 0.29) is 10.9 Å². The maximum Gasteiger partial charge on any atom is 0.175 e. The molecule has 112 valence electrons. The Bertz CT molecular complexity index is 743. The van der Waals surface area contributed by atoms with E-state index in [0.717, 1.165) is 11.1 Å². The Morgan fingerprint density at radius 3 is 2.24 bits per heavy atom. The van der Waals surface area contributed by atoms with Crippen LogP contribution in [0.3, 0.4) is 0 Å². The van der Waals surface area contributed by atoms with Crippen LogP contribution in [0.5, 0.6) is 0 Å². The molecular weight excluding hydrogens is 329 g/mol. The molecule has 1 atom stereocenters. The average Bonchev–Trinajstić information content (AvgIpc) is 2.41. The minimum atomic E-state index is -3.19. The maximum absolute atomic E-state index is 11.4. The van der Waals surface area contributed by atoms with Crippen LogP contribution in [-0.2, 0) is 16.3 Å². The van der Waals surface area contributed by atoms with Crippen molar-refractivity contribution >= 4 is 33.0 Å². The molecule has 6 heteroatoms. The Labute approximate surface area is 134 Å². The van der Waals surface area contributed by atoms with E-state index < -0.39 is 9.84 Å². The number of nitrogens with two attached hydrogens (primary N) is 1. The summed E-state index contributed by atoms with van der Waals surface area (Å²) in [6.07, 6.45) is 1.73. The number of halogens is 2. The Balaban J connectivity index is 2.18. The van der Waals surface area contributed by atoms with Gasteiger partial charge in [-0.25, -0.2) is 8.42 Å². The van der Waals surface area contributed by atoms with Gasteiger partial charge in [0.25, 0.3) is 0 Å². The van der Waals surface area contributed by atoms with Crippen LogP contribution < -0.4 is 5.73 Å². The van der Waals surface area contributed by atoms with Gasteiger partial charge in [0, 0.05) is 22.3 Å². The highest BCUT2D eigenvalue weighted by atomic mass is 35.5. The Morgan fingerprint density at radius 2 is 1.71 bits per heavy atom. The van der Waals surface area contributed by atoms with Crippen LogP contribution in [0.25, 0.3) is 0 Å². The first-order valence-electron chi connectivity index (χ1n) is 6.27. The molecule has 3 nitrogen and oxygen atoms in total. The first-order valence-corrected chi connectivity index (χ1v) is 8.91. The zero-order valence-corrected chi connectivity index (χ0v) is 13.7. The summed E-state index contributed by atoms with van der Waals surface area (Å²) in [5, 5.41) is 1.15. The highest BCUT2D eigenvalue weighted by Crippen LogP contribution is 2.25. The Kier molecular flexibility index (Phi) is 4.94. The van der Waals surface area contributed by atoms with Crippen LogP contribution in [0.1, 0.15) is 17.2 Å². The van der Waals surface area contributed by atoms with Gasteiger partial charge in [0.1, 0.15) is 0 Å². The second-order valence-corrected chi connectivity index (χ2v) is 7.75. The zero-order chi connectivity index (χ0) is 15.6. The van der Waals surface area contributed by atoms with Crippen molar-refractivity contribution in [1.82, 2.24) is 0 Å². The molecule has 0 saturated carbocycles. The fourth-order valence-electron chi connectivity index (χ4n) is 2.00. The molecule has 0 aliphatic carbocycles. The van der Waals surface area contributed by atoms with Crippen molar-refractivity contribution in [3.63, 3.8) is 0 Å². The number of rotatable bonds is 4. The first-order chi connectivity index (χ1) is 9.77. The van der Waals surface area contributed by atoms with Gasteiger partial charge in [-0.1, -0.05) is 41.4 Å². The SMILES string of the molecule is CS(=O)(=O)c1ccc(C(N)Cc2ccc(Cl)cc2Cl)cc1. The quantitative estimate of drug-likeness (QED) is 0.921. The lowest BCUT2D eigenvalue weighted by atomic mass is 10.00. The van der Waals surface area contributed by atoms with E-state index >= 15 is 0 Å². The van der Waals surface area contributed by atoms with E-state index in [4.69, 9.17) is 28.9 Å². The van der Waals surface area contributed by atoms with Crippen molar-refractivity contribution in [2.24, 2.45) is 5.73 Å². The van der Waals surface area contributed by atoms with Crippen molar-refractivity contribution < 1.29 is 8.42 Å². The first kappa shape index (κ1) is 16.3. The molecule has 1 unspecified atom stereocenters. The number of hydrogen-bond acceptors (Lipinski definition) is 3. The normalized spacial score (nSPS) is 13.1. The van der Waals surface area contributed by atoms with Crippen LogP contribution in [0.15, 0.2) is 47.4 Å². The van der Waals surface area contributed by atoms with Crippen molar-refractivity contribution in [3.05, 3.63) is 63.6 Å². The Hall–Kier alpha value is -1.07. The van der Waals surface area contributed by atoms with Gasteiger partial charge in [-0.05, 0) is 41.8 Å². The second-order valence-electron chi connectivity index (χ2n) is 4.89. The van der Waals surface area contributed by atoms with Gasteiger partial charge in [0.15, 0.2) is 9.84 Å². The predicted octanol–water partition coefficient (Wildman–Crippen LogP) is 3.64. The van der Waals surface area contributed by atoms with Gasteiger partial charge in [-0.15, -0.1) is 0 Å². The molecule has 0 fully saturated rings. The summed E-state index contributed by atoms with van der Waals surface area (Å²) >= 11 is 12.0. The highest BCUT2D eigenvalue weighted by Gasteiger charge is 2.12. The van der Waals surface area contributed by atoms with Crippen LogP contribution >= 0.6 is 23.2 Å². The van der Waals surface area contributed by atoms with Crippen LogP contribution in [0.4, 0.5) is 0 Å². The minimum Gasteiger partial charge on any atom is -0.324 e. The van der Waals surface area contributed by atoms with Gasteiger partial charge < -0.3 is 5.73 Å². The second kappa shape index (κ2) is 6.36. The lowest BCUT2D eigenvalue weighted by Crippen LogP contribution is -2.13. The van der Waals surface area contributed by atoms with E-state index in [1.54, 1.807) is 36.4 Å². The molecular formula is C15H15Cl2NO2S. The third-order valence-electron chi connectivity index (χ3n) is 3.19. The summed E-state index contributed by atoms with van der Waals surface area (Å²) in [7, 11) is -3.19. The van der Waals surface area contributed by atoms with Crippen LogP contribution in [0, 0.1) is 0 Å². The molecule has 0 heterocycles. The molecule has 0 aliphatic heterocycles. The summed E-state index contributed by atoms with van der Waals surface area (Å²) in [6.45, 7) is 0. The van der Waals surface area contributed by atoms with E-state index in [0.29, 0.717) is 16.5 Å². The van der Waals surface area contributed by atoms with Crippen molar-refractivity contribution in [3.8, 4) is 0 Å². The molecule has 0 aromatic heterocycles. The number of hydrogen-bond donors (Lipinski definition) is 1. The summed E-state index contributed by atoms with van der Waals surface area (Å²) in [5.41, 5.74) is 7.91. The van der Waals surface area contributed by atoms with Gasteiger partial charge >= 0.3 is 0 Å². The summed E-state index contributed by atoms with van der Waals surface area (Å²) in [5.74, 6) is 0. The number of benzene rings is 2. The van der Waals surface area contributed by atoms with Crippen molar-refractivity contribution in [2.75, 3.05) is 6.26 Å². The number of sulfone groups is 1. The summed E-state index contributed by atoms with van der Waals surface area (Å²) in [4.78, 5) is 0.281. The van der Waals surface area contributed by atoms with Crippen molar-refractivity contribution in [2.45, 2.75) is 17.4 Å². The Morgan fingerprint density at radius 1 is 1.10 bits per heavy atom. The zero-order valence-electron chi connectivity index (χ0n) is 11.4. The molecule has 2 rings (SSSR count). The molecule has 0 radical (unpaired) electrons. The summed E-state index contributed by atoms with van der Waals surface area (Å²) < 4.78 is 22.8. The van der Waals surface area contributed by atoms with Gasteiger partial charge in [0.05, 0.1) is 4.90 Å². The smallest absolute Gasteiger partial charge is 0.175 e. The molecule has 0 amide bonds. The van der Waals surface area contributed by atoms with E-state index in [9.17, 15) is 8.42 Å². The topological polar surface area (TPSA) is 60.2 Å². The minimum absolute atomic E-state index is 0.266. The van der Waals surface area contributed by atoms with Crippen LogP contribution in [-0.4, -0.2) is 14.7 Å². The fourth-order valence-corrected chi connectivity index (χ4v) is 3.12. The molecule has 2 aromatic carbocycles. The standard InChI is InChI=1S/C15H15Cl2NO2S/c1-21(19,20)13-6-3-10(4-7-13)15(18)8-11-2-5-12(16)9-14(11)17/h2-7,9,15H,8,18H2,1H3. The van der Waals surface area contributed by atoms with Gasteiger partial charge in [-0.2, -0.15) is 0 Å². The van der Waals surface area contributed by atoms with E-state index in [1.807, 2.05) is 6.07 Å². The van der Waals surface area contributed by atoms with Gasteiger partial charge in [0.2, 0.25) is 0 Å². The molecule has 0 aliphatic rings. The molecule has 0 bridgehead atoms. The van der Waals surface area contributed by atoms with Gasteiger partial charge in [-0.3, -0.25) is 0 Å². The fraction of sp³-hybridized carbons (Fsp3) is 0.200. The lowest BCUT2D eigenvalue weighted by molar-refractivity contribution is 0.601. The predicted molar refractivity (Wildman–Crippen MR) is 86.6 cm³/mol. The molecule has 0 spiro atoms. The van der Waals surface area contributed by atoms with Crippen molar-refractivity contribution in [1.29, 1.82) is 0 Å². The third-order valence-corrected chi connectivity index (χ3v) is 4.91. The molecule has 2 N–H and O–H groups in total. The third kappa shape index (κ3) is 4.20.